The molecule has 3 rings (SSSR count). The van der Waals surface area contributed by atoms with E-state index in [0.29, 0.717) is 18.5 Å². The number of amides is 1. The lowest BCUT2D eigenvalue weighted by Crippen LogP contribution is -2.56. The second-order valence-electron chi connectivity index (χ2n) is 10.2. The van der Waals surface area contributed by atoms with Crippen molar-refractivity contribution in [2.75, 3.05) is 18.1 Å². The fourth-order valence-corrected chi connectivity index (χ4v) is 5.99. The van der Waals surface area contributed by atoms with Gasteiger partial charge in [-0.3, -0.25) is 15.0 Å². The molecule has 2 atom stereocenters. The topological polar surface area (TPSA) is 92.8 Å². The van der Waals surface area contributed by atoms with Crippen molar-refractivity contribution in [2.24, 2.45) is 0 Å². The summed E-state index contributed by atoms with van der Waals surface area (Å²) in [6.45, 7) is 10.5. The summed E-state index contributed by atoms with van der Waals surface area (Å²) in [5.41, 5.74) is 3.54. The van der Waals surface area contributed by atoms with Gasteiger partial charge in [0.25, 0.3) is 0 Å². The van der Waals surface area contributed by atoms with E-state index >= 15 is 0 Å². The Bertz CT molecular complexity index is 1140. The van der Waals surface area contributed by atoms with Gasteiger partial charge in [0.1, 0.15) is 0 Å². The van der Waals surface area contributed by atoms with Crippen molar-refractivity contribution in [3.63, 3.8) is 0 Å². The van der Waals surface area contributed by atoms with Gasteiger partial charge in [0.05, 0.1) is 18.1 Å². The Balaban J connectivity index is 2.00. The largest absolute Gasteiger partial charge is 0.450 e. The Morgan fingerprint density at radius 3 is 2.23 bits per heavy atom. The van der Waals surface area contributed by atoms with Crippen LogP contribution in [-0.4, -0.2) is 55.5 Å². The van der Waals surface area contributed by atoms with Crippen molar-refractivity contribution in [3.8, 4) is 0 Å². The molecule has 35 heavy (non-hydrogen) atoms. The molecule has 0 bridgehead atoms. The maximum atomic E-state index is 13.7. The van der Waals surface area contributed by atoms with Gasteiger partial charge in [-0.1, -0.05) is 74.9 Å². The molecular formula is C27H36N2O5S. The molecule has 2 aromatic rings. The SMILES string of the molecule is CCOC(=O)NC(C(=O)c1ccc(C)cc1)N(Cc1ccc(C(C)(C)C)cc1)C1CCS(=O)(=O)C1. The molecule has 1 aliphatic heterocycles. The first kappa shape index (κ1) is 26.9. The number of benzene rings is 2. The average molecular weight is 501 g/mol. The van der Waals surface area contributed by atoms with Crippen molar-refractivity contribution in [1.82, 2.24) is 10.2 Å². The van der Waals surface area contributed by atoms with Crippen LogP contribution in [0.25, 0.3) is 0 Å². The van der Waals surface area contributed by atoms with E-state index in [1.165, 1.54) is 5.56 Å². The molecule has 1 aliphatic rings. The number of hydrogen-bond acceptors (Lipinski definition) is 6. The predicted octanol–water partition coefficient (Wildman–Crippen LogP) is 4.24. The predicted molar refractivity (Wildman–Crippen MR) is 137 cm³/mol. The minimum atomic E-state index is -3.22. The van der Waals surface area contributed by atoms with Crippen LogP contribution in [0.5, 0.6) is 0 Å². The number of rotatable bonds is 8. The fraction of sp³-hybridized carbons (Fsp3) is 0.481. The van der Waals surface area contributed by atoms with Crippen LogP contribution in [0.2, 0.25) is 0 Å². The third-order valence-corrected chi connectivity index (χ3v) is 8.06. The Morgan fingerprint density at radius 2 is 1.71 bits per heavy atom. The summed E-state index contributed by atoms with van der Waals surface area (Å²) in [6.07, 6.45) is -1.39. The zero-order valence-electron chi connectivity index (χ0n) is 21.2. The highest BCUT2D eigenvalue weighted by molar-refractivity contribution is 7.91. The lowest BCUT2D eigenvalue weighted by Gasteiger charge is -2.35. The van der Waals surface area contributed by atoms with Gasteiger partial charge in [-0.25, -0.2) is 13.2 Å². The summed E-state index contributed by atoms with van der Waals surface area (Å²) < 4.78 is 29.8. The maximum Gasteiger partial charge on any atom is 0.408 e. The first-order valence-corrected chi connectivity index (χ1v) is 13.8. The number of alkyl carbamates (subject to hydrolysis) is 1. The molecule has 0 spiro atoms. The van der Waals surface area contributed by atoms with E-state index in [9.17, 15) is 18.0 Å². The molecule has 2 unspecified atom stereocenters. The van der Waals surface area contributed by atoms with Crippen LogP contribution >= 0.6 is 0 Å². The molecule has 1 N–H and O–H groups in total. The summed E-state index contributed by atoms with van der Waals surface area (Å²) in [5, 5.41) is 2.71. The number of nitrogens with one attached hydrogen (secondary N) is 1. The first-order chi connectivity index (χ1) is 16.4. The van der Waals surface area contributed by atoms with Crippen LogP contribution in [0.1, 0.15) is 61.2 Å². The molecule has 1 amide bonds. The minimum Gasteiger partial charge on any atom is -0.450 e. The Kier molecular flexibility index (Phi) is 8.38. The molecule has 8 heteroatoms. The van der Waals surface area contributed by atoms with Gasteiger partial charge in [-0.15, -0.1) is 0 Å². The lowest BCUT2D eigenvalue weighted by molar-refractivity contribution is 0.0619. The van der Waals surface area contributed by atoms with E-state index < -0.39 is 28.1 Å². The number of ether oxygens (including phenoxy) is 1. The van der Waals surface area contributed by atoms with Crippen LogP contribution in [-0.2, 0) is 26.5 Å². The second-order valence-corrected chi connectivity index (χ2v) is 12.4. The molecule has 2 aromatic carbocycles. The van der Waals surface area contributed by atoms with Gasteiger partial charge in [0, 0.05) is 18.2 Å². The maximum absolute atomic E-state index is 13.7. The van der Waals surface area contributed by atoms with Crippen molar-refractivity contribution < 1.29 is 22.7 Å². The fourth-order valence-electron chi connectivity index (χ4n) is 4.25. The number of carbonyl (C=O) groups is 2. The first-order valence-electron chi connectivity index (χ1n) is 12.0. The number of sulfone groups is 1. The standard InChI is InChI=1S/C27H36N2O5S/c1-6-34-26(31)28-25(24(30)21-11-7-19(2)8-12-21)29(23-15-16-35(32,33)18-23)17-20-9-13-22(14-10-20)27(3,4)5/h7-14,23,25H,6,15-18H2,1-5H3,(H,28,31). The quantitative estimate of drug-likeness (QED) is 0.431. The molecule has 7 nitrogen and oxygen atoms in total. The highest BCUT2D eigenvalue weighted by Crippen LogP contribution is 2.26. The number of carbonyl (C=O) groups excluding carboxylic acids is 2. The number of Topliss-reactive ketones (excluding diaryl/α,β-unsaturated/α-hetero) is 1. The van der Waals surface area contributed by atoms with Crippen LogP contribution in [0, 0.1) is 6.92 Å². The van der Waals surface area contributed by atoms with E-state index in [2.05, 4.69) is 38.2 Å². The molecule has 1 heterocycles. The van der Waals surface area contributed by atoms with Crippen LogP contribution in [0.3, 0.4) is 0 Å². The van der Waals surface area contributed by atoms with Crippen LogP contribution in [0.15, 0.2) is 48.5 Å². The molecule has 190 valence electrons. The molecule has 0 saturated carbocycles. The smallest absolute Gasteiger partial charge is 0.408 e. The van der Waals surface area contributed by atoms with Crippen molar-refractivity contribution in [3.05, 3.63) is 70.8 Å². The van der Waals surface area contributed by atoms with Gasteiger partial charge in [0.2, 0.25) is 0 Å². The van der Waals surface area contributed by atoms with E-state index in [1.807, 2.05) is 31.2 Å². The second kappa shape index (κ2) is 10.9. The lowest BCUT2D eigenvalue weighted by atomic mass is 9.86. The van der Waals surface area contributed by atoms with Crippen molar-refractivity contribution in [1.29, 1.82) is 0 Å². The minimum absolute atomic E-state index is 0.00679. The Morgan fingerprint density at radius 1 is 1.09 bits per heavy atom. The number of nitrogens with zero attached hydrogens (tertiary/aromatic N) is 1. The molecule has 0 aliphatic carbocycles. The molecule has 0 aromatic heterocycles. The van der Waals surface area contributed by atoms with E-state index in [0.717, 1.165) is 11.1 Å². The van der Waals surface area contributed by atoms with E-state index in [-0.39, 0.29) is 29.3 Å². The molecular weight excluding hydrogens is 464 g/mol. The van der Waals surface area contributed by atoms with Crippen molar-refractivity contribution >= 4 is 21.7 Å². The summed E-state index contributed by atoms with van der Waals surface area (Å²) in [6, 6.07) is 14.8. The summed E-state index contributed by atoms with van der Waals surface area (Å²) in [7, 11) is -3.22. The van der Waals surface area contributed by atoms with Crippen LogP contribution in [0.4, 0.5) is 4.79 Å². The van der Waals surface area contributed by atoms with Gasteiger partial charge in [-0.2, -0.15) is 0 Å². The Hall–Kier alpha value is -2.71. The third kappa shape index (κ3) is 7.15. The summed E-state index contributed by atoms with van der Waals surface area (Å²) in [5.74, 6) is -0.314. The highest BCUT2D eigenvalue weighted by atomic mass is 32.2. The zero-order chi connectivity index (χ0) is 25.8. The Labute approximate surface area is 208 Å². The normalized spacial score (nSPS) is 18.3. The monoisotopic (exact) mass is 500 g/mol. The summed E-state index contributed by atoms with van der Waals surface area (Å²) >= 11 is 0. The summed E-state index contributed by atoms with van der Waals surface area (Å²) in [4.78, 5) is 27.9. The molecule has 0 radical (unpaired) electrons. The van der Waals surface area contributed by atoms with Gasteiger partial charge < -0.3 is 4.74 Å². The van der Waals surface area contributed by atoms with E-state index in [1.54, 1.807) is 24.0 Å². The molecule has 1 saturated heterocycles. The van der Waals surface area contributed by atoms with E-state index in [4.69, 9.17) is 4.74 Å². The molecule has 1 fully saturated rings. The van der Waals surface area contributed by atoms with Crippen molar-refractivity contribution in [2.45, 2.75) is 65.2 Å². The number of hydrogen-bond donors (Lipinski definition) is 1. The number of aryl methyl sites for hydroxylation is 1. The van der Waals surface area contributed by atoms with Gasteiger partial charge >= 0.3 is 6.09 Å². The third-order valence-electron chi connectivity index (χ3n) is 6.31. The highest BCUT2D eigenvalue weighted by Gasteiger charge is 2.39. The average Bonchev–Trinajstić information content (AvgIpc) is 3.15. The van der Waals surface area contributed by atoms with Crippen LogP contribution < -0.4 is 5.32 Å². The van der Waals surface area contributed by atoms with Gasteiger partial charge in [-0.05, 0) is 36.8 Å². The van der Waals surface area contributed by atoms with Gasteiger partial charge in [0.15, 0.2) is 21.8 Å². The zero-order valence-corrected chi connectivity index (χ0v) is 22.0. The number of ketones is 1.